The first-order valence-electron chi connectivity index (χ1n) is 13.9. The first kappa shape index (κ1) is 31.4. The summed E-state index contributed by atoms with van der Waals surface area (Å²) in [5.74, 6) is 0.114. The van der Waals surface area contributed by atoms with Gasteiger partial charge in [-0.15, -0.1) is 0 Å². The second kappa shape index (κ2) is 13.6. The third-order valence-corrected chi connectivity index (χ3v) is 9.00. The second-order valence-corrected chi connectivity index (χ2v) is 12.0. The third kappa shape index (κ3) is 7.09. The van der Waals surface area contributed by atoms with E-state index in [1.165, 1.54) is 17.8 Å². The number of carbonyl (C=O) groups excluding carboxylic acids is 1. The first-order chi connectivity index (χ1) is 20.1. The fourth-order valence-electron chi connectivity index (χ4n) is 4.85. The third-order valence-electron chi connectivity index (χ3n) is 7.36. The van der Waals surface area contributed by atoms with Gasteiger partial charge in [-0.2, -0.15) is 15.4 Å². The Hall–Kier alpha value is -3.53. The number of ether oxygens (including phenoxy) is 2. The minimum atomic E-state index is -4.20. The lowest BCUT2D eigenvalue weighted by Crippen LogP contribution is -2.37. The van der Waals surface area contributed by atoms with Crippen LogP contribution in [0.15, 0.2) is 48.8 Å². The van der Waals surface area contributed by atoms with Crippen molar-refractivity contribution >= 4 is 25.1 Å². The van der Waals surface area contributed by atoms with E-state index < -0.39 is 37.6 Å². The predicted octanol–water partition coefficient (Wildman–Crippen LogP) is 3.73. The molecule has 5 atom stereocenters. The van der Waals surface area contributed by atoms with Crippen LogP contribution in [0.4, 0.5) is 5.82 Å². The van der Waals surface area contributed by atoms with Crippen molar-refractivity contribution in [1.29, 1.82) is 5.26 Å². The van der Waals surface area contributed by atoms with E-state index in [4.69, 9.17) is 24.3 Å². The van der Waals surface area contributed by atoms with Gasteiger partial charge in [0.2, 0.25) is 0 Å². The van der Waals surface area contributed by atoms with E-state index >= 15 is 0 Å². The Balaban J connectivity index is 1.52. The van der Waals surface area contributed by atoms with Gasteiger partial charge in [-0.3, -0.25) is 9.32 Å². The van der Waals surface area contributed by atoms with Crippen molar-refractivity contribution in [3.63, 3.8) is 0 Å². The van der Waals surface area contributed by atoms with Crippen molar-refractivity contribution in [2.45, 2.75) is 70.3 Å². The smallest absolute Gasteiger partial charge is 0.459 e. The molecule has 4 rings (SSSR count). The average molecular weight is 601 g/mol. The number of aliphatic hydroxyl groups excluding tert-OH is 1. The number of nitrogens with two attached hydrogens (primary N) is 1. The summed E-state index contributed by atoms with van der Waals surface area (Å²) < 4.78 is 38.7. The van der Waals surface area contributed by atoms with Crippen molar-refractivity contribution in [3.8, 4) is 11.8 Å². The number of aliphatic hydroxyl groups is 1. The van der Waals surface area contributed by atoms with Crippen LogP contribution in [0.5, 0.6) is 5.75 Å². The molecule has 0 bridgehead atoms. The minimum absolute atomic E-state index is 0.0423. The largest absolute Gasteiger partial charge is 0.464 e. The Labute approximate surface area is 244 Å². The highest BCUT2D eigenvalue weighted by Crippen LogP contribution is 2.48. The van der Waals surface area contributed by atoms with Gasteiger partial charge in [-0.05, 0) is 37.1 Å². The summed E-state index contributed by atoms with van der Waals surface area (Å²) in [6.07, 6.45) is 0.872. The number of nitrogen functional groups attached to an aromatic ring is 1. The number of nitriles is 1. The number of para-hydroxylation sites is 1. The number of benzene rings is 1. The van der Waals surface area contributed by atoms with Crippen molar-refractivity contribution in [2.75, 3.05) is 18.9 Å². The molecule has 1 aliphatic heterocycles. The van der Waals surface area contributed by atoms with Crippen molar-refractivity contribution in [1.82, 2.24) is 19.7 Å². The molecule has 13 nitrogen and oxygen atoms in total. The maximum atomic E-state index is 14.0. The number of hydrogen-bond acceptors (Lipinski definition) is 11. The zero-order valence-corrected chi connectivity index (χ0v) is 24.8. The molecule has 0 spiro atoms. The number of anilines is 1. The molecule has 0 amide bonds. The Kier molecular flexibility index (Phi) is 10.2. The quantitative estimate of drug-likeness (QED) is 0.180. The normalized spacial score (nSPS) is 22.5. The van der Waals surface area contributed by atoms with Gasteiger partial charge < -0.3 is 24.8 Å². The van der Waals surface area contributed by atoms with Crippen LogP contribution in [-0.2, 0) is 29.0 Å². The summed E-state index contributed by atoms with van der Waals surface area (Å²) in [6.45, 7) is 5.42. The van der Waals surface area contributed by atoms with E-state index in [-0.39, 0.29) is 43.5 Å². The van der Waals surface area contributed by atoms with Crippen molar-refractivity contribution < 1.29 is 33.0 Å². The number of esters is 1. The summed E-state index contributed by atoms with van der Waals surface area (Å²) in [5.41, 5.74) is 5.76. The fraction of sp³-hybridized carbons (Fsp3) is 0.500. The van der Waals surface area contributed by atoms with Crippen LogP contribution in [0.2, 0.25) is 0 Å². The van der Waals surface area contributed by atoms with Crippen LogP contribution >= 0.6 is 7.75 Å². The van der Waals surface area contributed by atoms with E-state index in [2.05, 4.69) is 21.2 Å². The molecule has 226 valence electrons. The first-order valence-corrected chi connectivity index (χ1v) is 15.4. The highest BCUT2D eigenvalue weighted by molar-refractivity contribution is 7.52. The summed E-state index contributed by atoms with van der Waals surface area (Å²) in [5, 5.41) is 27.5. The highest BCUT2D eigenvalue weighted by Gasteiger charge is 2.50. The lowest BCUT2D eigenvalue weighted by atomic mass is 9.91. The van der Waals surface area contributed by atoms with Gasteiger partial charge >= 0.3 is 13.7 Å². The fourth-order valence-corrected chi connectivity index (χ4v) is 6.35. The topological polar surface area (TPSA) is 183 Å². The standard InChI is InChI=1S/C28H37N6O7P/c1-4-20(5-2)16-38-27(36)19(3)33-42(37,41-21-9-7-6-8-10-21)39-17-24-23(35)15-28(40-24,13-14-29)25-12-11-22-26(30)31-18-32-34(22)25/h6-12,18-20,23-24,35H,4-5,13,15-17H2,1-3H3,(H,33,37)(H2,30,31,32)/t19-,23-,24+,28+,42?/m0/s1. The zero-order chi connectivity index (χ0) is 30.3. The predicted molar refractivity (Wildman–Crippen MR) is 153 cm³/mol. The molecule has 0 radical (unpaired) electrons. The molecule has 14 heteroatoms. The van der Waals surface area contributed by atoms with E-state index in [0.717, 1.165) is 12.8 Å². The molecule has 1 aliphatic rings. The molecule has 4 N–H and O–H groups in total. The van der Waals surface area contributed by atoms with Gasteiger partial charge in [0.25, 0.3) is 0 Å². The van der Waals surface area contributed by atoms with E-state index in [0.29, 0.717) is 11.2 Å². The Morgan fingerprint density at radius 2 is 2.05 bits per heavy atom. The lowest BCUT2D eigenvalue weighted by Gasteiger charge is -2.27. The monoisotopic (exact) mass is 600 g/mol. The molecular formula is C28H37N6O7P. The molecule has 3 aromatic rings. The highest BCUT2D eigenvalue weighted by atomic mass is 31.2. The van der Waals surface area contributed by atoms with Gasteiger partial charge in [-0.1, -0.05) is 44.9 Å². The molecule has 1 fully saturated rings. The van der Waals surface area contributed by atoms with Gasteiger partial charge in [0, 0.05) is 6.42 Å². The number of rotatable bonds is 14. The summed E-state index contributed by atoms with van der Waals surface area (Å²) in [7, 11) is -4.20. The number of aromatic nitrogens is 3. The van der Waals surface area contributed by atoms with Gasteiger partial charge in [0.15, 0.2) is 5.82 Å². The Morgan fingerprint density at radius 3 is 2.74 bits per heavy atom. The number of hydrogen-bond donors (Lipinski definition) is 3. The Bertz CT molecular complexity index is 1440. The number of carbonyl (C=O) groups is 1. The molecule has 0 saturated carbocycles. The van der Waals surface area contributed by atoms with Gasteiger partial charge in [0.1, 0.15) is 35.3 Å². The van der Waals surface area contributed by atoms with Crippen LogP contribution in [-0.4, -0.2) is 57.1 Å². The molecular weight excluding hydrogens is 563 g/mol. The molecule has 1 unspecified atom stereocenters. The summed E-state index contributed by atoms with van der Waals surface area (Å²) in [4.78, 5) is 16.7. The summed E-state index contributed by atoms with van der Waals surface area (Å²) in [6, 6.07) is 12.9. The maximum Gasteiger partial charge on any atom is 0.459 e. The average Bonchev–Trinajstić information content (AvgIpc) is 3.55. The maximum absolute atomic E-state index is 14.0. The van der Waals surface area contributed by atoms with Crippen molar-refractivity contribution in [3.05, 3.63) is 54.5 Å². The molecule has 3 heterocycles. The molecule has 1 saturated heterocycles. The summed E-state index contributed by atoms with van der Waals surface area (Å²) >= 11 is 0. The van der Waals surface area contributed by atoms with Gasteiger partial charge in [-0.25, -0.2) is 14.1 Å². The van der Waals surface area contributed by atoms with Crippen molar-refractivity contribution in [2.24, 2.45) is 5.92 Å². The molecule has 42 heavy (non-hydrogen) atoms. The van der Waals surface area contributed by atoms with Gasteiger partial charge in [0.05, 0.1) is 37.5 Å². The van der Waals surface area contributed by atoms with Crippen LogP contribution in [0.25, 0.3) is 5.52 Å². The van der Waals surface area contributed by atoms with E-state index in [1.807, 2.05) is 13.8 Å². The lowest BCUT2D eigenvalue weighted by molar-refractivity contribution is -0.146. The number of nitrogens with zero attached hydrogens (tertiary/aromatic N) is 4. The van der Waals surface area contributed by atoms with Crippen LogP contribution in [0.1, 0.15) is 52.1 Å². The molecule has 1 aromatic carbocycles. The van der Waals surface area contributed by atoms with Crippen LogP contribution < -0.4 is 15.3 Å². The zero-order valence-electron chi connectivity index (χ0n) is 23.9. The number of fused-ring (bicyclic) bond motifs is 1. The Morgan fingerprint density at radius 1 is 1.31 bits per heavy atom. The van der Waals surface area contributed by atoms with E-state index in [1.54, 1.807) is 42.5 Å². The van der Waals surface area contributed by atoms with Crippen LogP contribution in [0, 0.1) is 17.2 Å². The SMILES string of the molecule is CCC(CC)COC(=O)[C@H](C)NP(=O)(OC[C@H]1O[C@@](CC#N)(c2ccc3c(N)ncnn23)C[C@@H]1O)Oc1ccccc1. The number of nitrogens with one attached hydrogen (secondary N) is 1. The molecule has 2 aromatic heterocycles. The van der Waals surface area contributed by atoms with E-state index in [9.17, 15) is 19.7 Å². The second-order valence-electron chi connectivity index (χ2n) is 10.3. The molecule has 0 aliphatic carbocycles. The van der Waals surface area contributed by atoms with Crippen LogP contribution in [0.3, 0.4) is 0 Å². The minimum Gasteiger partial charge on any atom is -0.464 e.